The van der Waals surface area contributed by atoms with E-state index in [9.17, 15) is 0 Å². The number of nitrogens with zero attached hydrogens (tertiary/aromatic N) is 2. The van der Waals surface area contributed by atoms with Gasteiger partial charge in [0.2, 0.25) is 0 Å². The van der Waals surface area contributed by atoms with Crippen LogP contribution < -0.4 is 0 Å². The zero-order valence-corrected chi connectivity index (χ0v) is 23.7. The summed E-state index contributed by atoms with van der Waals surface area (Å²) in [7, 11) is 0. The van der Waals surface area contributed by atoms with E-state index in [0.29, 0.717) is 6.42 Å². The van der Waals surface area contributed by atoms with Crippen molar-refractivity contribution in [3.63, 3.8) is 0 Å². The number of thiophene rings is 1. The van der Waals surface area contributed by atoms with Crippen LogP contribution in [0.1, 0.15) is 23.1 Å². The number of rotatable bonds is 4. The highest BCUT2D eigenvalue weighted by Crippen LogP contribution is 2.42. The molecule has 0 bridgehead atoms. The van der Waals surface area contributed by atoms with E-state index >= 15 is 0 Å². The van der Waals surface area contributed by atoms with Gasteiger partial charge in [-0.15, -0.1) is 11.3 Å². The van der Waals surface area contributed by atoms with Gasteiger partial charge in [0.15, 0.2) is 5.84 Å². The molecule has 0 N–H and O–H groups in total. The van der Waals surface area contributed by atoms with Gasteiger partial charge in [0.05, 0.1) is 11.4 Å². The van der Waals surface area contributed by atoms with Crippen molar-refractivity contribution >= 4 is 59.5 Å². The minimum absolute atomic E-state index is 0.710. The van der Waals surface area contributed by atoms with Crippen molar-refractivity contribution in [3.8, 4) is 11.1 Å². The van der Waals surface area contributed by atoms with Gasteiger partial charge in [-0.2, -0.15) is 0 Å². The standard InChI is InChI=1S/C39H26N2S/c1-3-11-26(12-4-1)34-21-22-35(41-39(40-34)27-13-5-2-6-14-27)31-18-9-17-30(23-31)32-19-10-20-36-38(32)33-24-28-15-7-8-16-29(28)25-37(33)42-36/h1-20,22-25H,21H2. The van der Waals surface area contributed by atoms with Gasteiger partial charge < -0.3 is 0 Å². The van der Waals surface area contributed by atoms with Crippen LogP contribution in [0.25, 0.3) is 47.8 Å². The SMILES string of the molecule is C1=C(c2cccc(-c3cccc4sc5cc6ccccc6cc5c34)c2)N=C(c2ccccc2)N=C(c2ccccc2)C1. The molecular weight excluding hydrogens is 529 g/mol. The summed E-state index contributed by atoms with van der Waals surface area (Å²) < 4.78 is 2.63. The van der Waals surface area contributed by atoms with Crippen LogP contribution in [0.2, 0.25) is 0 Å². The van der Waals surface area contributed by atoms with E-state index in [2.05, 4.69) is 121 Å². The number of benzene rings is 6. The number of aliphatic imine (C=N–C) groups is 2. The third kappa shape index (κ3) is 4.45. The summed E-state index contributed by atoms with van der Waals surface area (Å²) in [5, 5.41) is 5.19. The quantitative estimate of drug-likeness (QED) is 0.207. The number of hydrogen-bond acceptors (Lipinski definition) is 3. The zero-order chi connectivity index (χ0) is 27.9. The summed E-state index contributed by atoms with van der Waals surface area (Å²) in [6.45, 7) is 0. The van der Waals surface area contributed by atoms with Gasteiger partial charge in [-0.1, -0.05) is 121 Å². The minimum Gasteiger partial charge on any atom is -0.232 e. The Morgan fingerprint density at radius 3 is 1.98 bits per heavy atom. The smallest absolute Gasteiger partial charge is 0.160 e. The summed E-state index contributed by atoms with van der Waals surface area (Å²) in [5.41, 5.74) is 7.63. The first-order valence-electron chi connectivity index (χ1n) is 14.2. The van der Waals surface area contributed by atoms with Crippen LogP contribution in [0.5, 0.6) is 0 Å². The molecule has 2 heterocycles. The molecule has 0 spiro atoms. The molecule has 0 unspecified atom stereocenters. The minimum atomic E-state index is 0.710. The van der Waals surface area contributed by atoms with Gasteiger partial charge in [-0.05, 0) is 51.7 Å². The Labute approximate surface area is 248 Å². The lowest BCUT2D eigenvalue weighted by atomic mass is 9.96. The molecule has 0 fully saturated rings. The van der Waals surface area contributed by atoms with Crippen molar-refractivity contribution in [1.82, 2.24) is 0 Å². The van der Waals surface area contributed by atoms with Crippen molar-refractivity contribution in [3.05, 3.63) is 162 Å². The maximum Gasteiger partial charge on any atom is 0.160 e. The van der Waals surface area contributed by atoms with Gasteiger partial charge in [-0.25, -0.2) is 9.98 Å². The number of allylic oxidation sites excluding steroid dienone is 1. The van der Waals surface area contributed by atoms with E-state index in [4.69, 9.17) is 9.98 Å². The first-order chi connectivity index (χ1) is 20.8. The average Bonchev–Trinajstić information content (AvgIpc) is 3.26. The maximum atomic E-state index is 5.16. The second kappa shape index (κ2) is 10.4. The maximum absolute atomic E-state index is 5.16. The normalized spacial score (nSPS) is 13.6. The zero-order valence-electron chi connectivity index (χ0n) is 22.9. The monoisotopic (exact) mass is 554 g/mol. The Hall–Kier alpha value is -5.12. The Balaban J connectivity index is 1.26. The summed E-state index contributed by atoms with van der Waals surface area (Å²) in [6, 6.07) is 49.5. The van der Waals surface area contributed by atoms with Crippen molar-refractivity contribution in [2.75, 3.05) is 0 Å². The van der Waals surface area contributed by atoms with Gasteiger partial charge in [0, 0.05) is 37.7 Å². The van der Waals surface area contributed by atoms with Crippen LogP contribution in [-0.2, 0) is 0 Å². The molecule has 8 rings (SSSR count). The molecule has 3 heteroatoms. The lowest BCUT2D eigenvalue weighted by Gasteiger charge is -2.09. The summed E-state index contributed by atoms with van der Waals surface area (Å²) in [6.07, 6.45) is 2.93. The van der Waals surface area contributed by atoms with E-state index in [0.717, 1.165) is 33.9 Å². The van der Waals surface area contributed by atoms with Crippen molar-refractivity contribution in [2.45, 2.75) is 6.42 Å². The largest absolute Gasteiger partial charge is 0.232 e. The fourth-order valence-corrected chi connectivity index (χ4v) is 7.02. The summed E-state index contributed by atoms with van der Waals surface area (Å²) in [5.74, 6) is 0.737. The van der Waals surface area contributed by atoms with E-state index in [1.54, 1.807) is 0 Å². The molecule has 0 radical (unpaired) electrons. The molecule has 2 nitrogen and oxygen atoms in total. The van der Waals surface area contributed by atoms with Crippen LogP contribution in [0, 0.1) is 0 Å². The van der Waals surface area contributed by atoms with Crippen molar-refractivity contribution in [2.24, 2.45) is 9.98 Å². The summed E-state index contributed by atoms with van der Waals surface area (Å²) in [4.78, 5) is 10.2. The molecule has 42 heavy (non-hydrogen) atoms. The molecular formula is C39H26N2S. The number of amidine groups is 1. The van der Waals surface area contributed by atoms with E-state index in [1.165, 1.54) is 42.1 Å². The van der Waals surface area contributed by atoms with Gasteiger partial charge in [0.25, 0.3) is 0 Å². The predicted octanol–water partition coefficient (Wildman–Crippen LogP) is 10.6. The highest BCUT2D eigenvalue weighted by molar-refractivity contribution is 7.26. The molecule has 1 aliphatic rings. The third-order valence-electron chi connectivity index (χ3n) is 7.93. The number of hydrogen-bond donors (Lipinski definition) is 0. The van der Waals surface area contributed by atoms with E-state index in [-0.39, 0.29) is 0 Å². The van der Waals surface area contributed by atoms with Crippen molar-refractivity contribution in [1.29, 1.82) is 0 Å². The fourth-order valence-electron chi connectivity index (χ4n) is 5.86. The van der Waals surface area contributed by atoms with Crippen LogP contribution in [-0.4, -0.2) is 11.5 Å². The first kappa shape index (κ1) is 24.7. The molecule has 0 atom stereocenters. The van der Waals surface area contributed by atoms with Gasteiger partial charge in [-0.3, -0.25) is 0 Å². The highest BCUT2D eigenvalue weighted by Gasteiger charge is 2.16. The van der Waals surface area contributed by atoms with Gasteiger partial charge >= 0.3 is 0 Å². The summed E-state index contributed by atoms with van der Waals surface area (Å²) >= 11 is 1.87. The topological polar surface area (TPSA) is 24.7 Å². The third-order valence-corrected chi connectivity index (χ3v) is 9.05. The fraction of sp³-hybridized carbons (Fsp3) is 0.0256. The molecule has 198 valence electrons. The number of fused-ring (bicyclic) bond motifs is 4. The second-order valence-electron chi connectivity index (χ2n) is 10.6. The van der Waals surface area contributed by atoms with Crippen LogP contribution >= 0.6 is 11.3 Å². The Bertz CT molecular complexity index is 2200. The molecule has 0 amide bonds. The van der Waals surface area contributed by atoms with Crippen LogP contribution in [0.4, 0.5) is 0 Å². The Kier molecular flexibility index (Phi) is 6.09. The van der Waals surface area contributed by atoms with E-state index in [1.807, 2.05) is 35.6 Å². The molecule has 0 saturated heterocycles. The Morgan fingerprint density at radius 2 is 1.17 bits per heavy atom. The molecule has 7 aromatic rings. The molecule has 6 aromatic carbocycles. The van der Waals surface area contributed by atoms with E-state index < -0.39 is 0 Å². The molecule has 0 aliphatic carbocycles. The molecule has 0 saturated carbocycles. The predicted molar refractivity (Wildman–Crippen MR) is 181 cm³/mol. The van der Waals surface area contributed by atoms with Crippen LogP contribution in [0.15, 0.2) is 156 Å². The van der Waals surface area contributed by atoms with Crippen LogP contribution in [0.3, 0.4) is 0 Å². The molecule has 1 aromatic heterocycles. The second-order valence-corrected chi connectivity index (χ2v) is 11.7. The first-order valence-corrected chi connectivity index (χ1v) is 15.0. The average molecular weight is 555 g/mol. The Morgan fingerprint density at radius 1 is 0.500 bits per heavy atom. The van der Waals surface area contributed by atoms with Crippen molar-refractivity contribution < 1.29 is 0 Å². The lowest BCUT2D eigenvalue weighted by Crippen LogP contribution is -2.04. The highest BCUT2D eigenvalue weighted by atomic mass is 32.1. The van der Waals surface area contributed by atoms with Gasteiger partial charge in [0.1, 0.15) is 0 Å². The molecule has 1 aliphatic heterocycles. The lowest BCUT2D eigenvalue weighted by molar-refractivity contribution is 1.42.